The predicted molar refractivity (Wildman–Crippen MR) is 39.6 cm³/mol. The highest BCUT2D eigenvalue weighted by Crippen LogP contribution is 2.02. The molecule has 2 heteroatoms. The first kappa shape index (κ1) is 8.47. The molecule has 0 saturated heterocycles. The molecule has 0 amide bonds. The smallest absolute Gasteiger partial charge is 0.106 e. The summed E-state index contributed by atoms with van der Waals surface area (Å²) >= 11 is 0. The van der Waals surface area contributed by atoms with Crippen LogP contribution >= 0.6 is 0 Å². The molecule has 0 fully saturated rings. The average molecular weight is 129 g/mol. The Kier molecular flexibility index (Phi) is 5.27. The summed E-state index contributed by atoms with van der Waals surface area (Å²) in [5.41, 5.74) is 0. The van der Waals surface area contributed by atoms with Crippen LogP contribution in [-0.2, 0) is 4.84 Å². The van der Waals surface area contributed by atoms with Crippen molar-refractivity contribution in [2.24, 2.45) is 11.1 Å². The van der Waals surface area contributed by atoms with Crippen LogP contribution < -0.4 is 0 Å². The van der Waals surface area contributed by atoms with Crippen LogP contribution in [0.15, 0.2) is 5.16 Å². The molecule has 0 aliphatic heterocycles. The van der Waals surface area contributed by atoms with Crippen molar-refractivity contribution in [2.75, 3.05) is 7.11 Å². The van der Waals surface area contributed by atoms with Gasteiger partial charge < -0.3 is 4.84 Å². The van der Waals surface area contributed by atoms with Crippen molar-refractivity contribution in [3.63, 3.8) is 0 Å². The lowest BCUT2D eigenvalue weighted by Crippen LogP contribution is -1.97. The number of hydrogen-bond acceptors (Lipinski definition) is 2. The van der Waals surface area contributed by atoms with Crippen LogP contribution in [0.25, 0.3) is 0 Å². The fraction of sp³-hybridized carbons (Fsp3) is 0.857. The molecule has 0 radical (unpaired) electrons. The minimum absolute atomic E-state index is 0.588. The monoisotopic (exact) mass is 129 g/mol. The molecule has 0 aromatic carbocycles. The highest BCUT2D eigenvalue weighted by molar-refractivity contribution is 5.59. The second kappa shape index (κ2) is 5.60. The van der Waals surface area contributed by atoms with Gasteiger partial charge in [0.2, 0.25) is 0 Å². The van der Waals surface area contributed by atoms with Crippen LogP contribution in [0, 0.1) is 5.92 Å². The van der Waals surface area contributed by atoms with Crippen molar-refractivity contribution in [1.29, 1.82) is 0 Å². The Morgan fingerprint density at radius 2 is 2.00 bits per heavy atom. The van der Waals surface area contributed by atoms with Gasteiger partial charge in [-0.2, -0.15) is 0 Å². The predicted octanol–water partition coefficient (Wildman–Crippen LogP) is 2.05. The second-order valence-corrected chi connectivity index (χ2v) is 2.01. The van der Waals surface area contributed by atoms with Gasteiger partial charge in [0.1, 0.15) is 7.11 Å². The Hall–Kier alpha value is -0.530. The Morgan fingerprint density at radius 1 is 1.44 bits per heavy atom. The van der Waals surface area contributed by atoms with Gasteiger partial charge in [-0.15, -0.1) is 0 Å². The van der Waals surface area contributed by atoms with Crippen molar-refractivity contribution in [3.8, 4) is 0 Å². The van der Waals surface area contributed by atoms with E-state index in [-0.39, 0.29) is 0 Å². The summed E-state index contributed by atoms with van der Waals surface area (Å²) in [5, 5.41) is 3.69. The van der Waals surface area contributed by atoms with Gasteiger partial charge in [-0.05, 0) is 18.8 Å². The molecule has 9 heavy (non-hydrogen) atoms. The molecule has 2 nitrogen and oxygen atoms in total. The summed E-state index contributed by atoms with van der Waals surface area (Å²) in [4.78, 5) is 4.55. The third-order valence-corrected chi connectivity index (χ3v) is 1.43. The lowest BCUT2D eigenvalue weighted by atomic mass is 10.1. The summed E-state index contributed by atoms with van der Waals surface area (Å²) in [6.07, 6.45) is 4.15. The number of rotatable bonds is 4. The van der Waals surface area contributed by atoms with Crippen LogP contribution in [0.1, 0.15) is 26.7 Å². The molecule has 0 saturated carbocycles. The molecule has 0 aliphatic rings. The maximum absolute atomic E-state index is 4.55. The standard InChI is InChI=1S/C7H15NO/c1-4-7(5-2)6-8-9-3/h6-7H,4-5H2,1-3H3/b8-6+. The quantitative estimate of drug-likeness (QED) is 0.420. The van der Waals surface area contributed by atoms with E-state index >= 15 is 0 Å². The number of oxime groups is 1. The molecule has 54 valence electrons. The minimum Gasteiger partial charge on any atom is -0.399 e. The summed E-state index contributed by atoms with van der Waals surface area (Å²) in [7, 11) is 1.57. The zero-order valence-corrected chi connectivity index (χ0v) is 6.42. The molecule has 0 atom stereocenters. The van der Waals surface area contributed by atoms with E-state index in [9.17, 15) is 0 Å². The lowest BCUT2D eigenvalue weighted by molar-refractivity contribution is 0.213. The molecule has 0 bridgehead atoms. The second-order valence-electron chi connectivity index (χ2n) is 2.01. The fourth-order valence-corrected chi connectivity index (χ4v) is 0.646. The van der Waals surface area contributed by atoms with Gasteiger partial charge in [0.15, 0.2) is 0 Å². The van der Waals surface area contributed by atoms with Crippen molar-refractivity contribution < 1.29 is 4.84 Å². The summed E-state index contributed by atoms with van der Waals surface area (Å²) in [6.45, 7) is 4.30. The largest absolute Gasteiger partial charge is 0.399 e. The van der Waals surface area contributed by atoms with E-state index in [1.165, 1.54) is 0 Å². The Labute approximate surface area is 56.9 Å². The van der Waals surface area contributed by atoms with Gasteiger partial charge in [0.25, 0.3) is 0 Å². The third-order valence-electron chi connectivity index (χ3n) is 1.43. The molecule has 0 heterocycles. The molecule has 0 aliphatic carbocycles. The van der Waals surface area contributed by atoms with E-state index in [0.717, 1.165) is 12.8 Å². The molecule has 0 aromatic heterocycles. The highest BCUT2D eigenvalue weighted by atomic mass is 16.6. The fourth-order valence-electron chi connectivity index (χ4n) is 0.646. The van der Waals surface area contributed by atoms with Crippen LogP contribution in [0.3, 0.4) is 0 Å². The van der Waals surface area contributed by atoms with Crippen LogP contribution in [0.4, 0.5) is 0 Å². The van der Waals surface area contributed by atoms with Gasteiger partial charge in [0.05, 0.1) is 0 Å². The molecular formula is C7H15NO. The minimum atomic E-state index is 0.588. The zero-order chi connectivity index (χ0) is 7.11. The van der Waals surface area contributed by atoms with Gasteiger partial charge in [-0.25, -0.2) is 0 Å². The van der Waals surface area contributed by atoms with Crippen LogP contribution in [0.2, 0.25) is 0 Å². The van der Waals surface area contributed by atoms with Gasteiger partial charge in [-0.1, -0.05) is 19.0 Å². The Morgan fingerprint density at radius 3 is 2.33 bits per heavy atom. The van der Waals surface area contributed by atoms with Gasteiger partial charge in [0, 0.05) is 6.21 Å². The van der Waals surface area contributed by atoms with E-state index in [2.05, 4.69) is 23.8 Å². The summed E-state index contributed by atoms with van der Waals surface area (Å²) < 4.78 is 0. The highest BCUT2D eigenvalue weighted by Gasteiger charge is 1.96. The first-order chi connectivity index (χ1) is 4.35. The topological polar surface area (TPSA) is 21.6 Å². The normalized spacial score (nSPS) is 11.1. The SMILES string of the molecule is CCC(/C=N/OC)CC. The molecule has 0 unspecified atom stereocenters. The Bertz CT molecular complexity index is 77.0. The maximum atomic E-state index is 4.55. The van der Waals surface area contributed by atoms with Crippen molar-refractivity contribution >= 4 is 6.21 Å². The summed E-state index contributed by atoms with van der Waals surface area (Å²) in [5.74, 6) is 0.588. The molecule has 0 rings (SSSR count). The van der Waals surface area contributed by atoms with Crippen LogP contribution in [0.5, 0.6) is 0 Å². The average Bonchev–Trinajstić information content (AvgIpc) is 1.91. The van der Waals surface area contributed by atoms with Crippen molar-refractivity contribution in [2.45, 2.75) is 26.7 Å². The van der Waals surface area contributed by atoms with E-state index in [1.807, 2.05) is 6.21 Å². The first-order valence-corrected chi connectivity index (χ1v) is 3.41. The lowest BCUT2D eigenvalue weighted by Gasteiger charge is -2.01. The Balaban J connectivity index is 3.41. The van der Waals surface area contributed by atoms with Crippen LogP contribution in [-0.4, -0.2) is 13.3 Å². The number of nitrogens with zero attached hydrogens (tertiary/aromatic N) is 1. The van der Waals surface area contributed by atoms with E-state index in [4.69, 9.17) is 0 Å². The first-order valence-electron chi connectivity index (χ1n) is 3.41. The summed E-state index contributed by atoms with van der Waals surface area (Å²) in [6, 6.07) is 0. The van der Waals surface area contributed by atoms with E-state index in [1.54, 1.807) is 7.11 Å². The number of hydrogen-bond donors (Lipinski definition) is 0. The van der Waals surface area contributed by atoms with Crippen molar-refractivity contribution in [3.05, 3.63) is 0 Å². The van der Waals surface area contributed by atoms with Crippen molar-refractivity contribution in [1.82, 2.24) is 0 Å². The molecule has 0 spiro atoms. The van der Waals surface area contributed by atoms with Gasteiger partial charge >= 0.3 is 0 Å². The zero-order valence-electron chi connectivity index (χ0n) is 6.42. The maximum Gasteiger partial charge on any atom is 0.106 e. The van der Waals surface area contributed by atoms with E-state index in [0.29, 0.717) is 5.92 Å². The van der Waals surface area contributed by atoms with E-state index < -0.39 is 0 Å². The van der Waals surface area contributed by atoms with Gasteiger partial charge in [-0.3, -0.25) is 0 Å². The molecule has 0 N–H and O–H groups in total. The molecular weight excluding hydrogens is 114 g/mol. The molecule has 0 aromatic rings. The third kappa shape index (κ3) is 4.01.